The molecule has 11 nitrogen and oxygen atoms in total. The molecule has 0 saturated carbocycles. The minimum atomic E-state index is -0.936. The number of ketones is 1. The van der Waals surface area contributed by atoms with Crippen molar-refractivity contribution in [3.63, 3.8) is 0 Å². The second kappa shape index (κ2) is 15.2. The number of carbonyl (C=O) groups is 1. The first-order valence-electron chi connectivity index (χ1n) is 9.92. The van der Waals surface area contributed by atoms with Crippen molar-refractivity contribution in [2.45, 2.75) is 49.0 Å². The molecule has 0 aromatic carbocycles. The molecule has 8 atom stereocenters. The third-order valence-corrected chi connectivity index (χ3v) is 5.17. The number of carbonyl (C=O) groups excluding carboxylic acids is 1. The third-order valence-electron chi connectivity index (χ3n) is 5.17. The van der Waals surface area contributed by atoms with Gasteiger partial charge in [-0.3, -0.25) is 4.79 Å². The van der Waals surface area contributed by atoms with E-state index in [4.69, 9.17) is 47.4 Å². The van der Waals surface area contributed by atoms with Crippen LogP contribution in [-0.4, -0.2) is 132 Å². The molecule has 0 aromatic heterocycles. The van der Waals surface area contributed by atoms with Gasteiger partial charge in [0.25, 0.3) is 0 Å². The highest BCUT2D eigenvalue weighted by atomic mass is 16.7. The molecule has 0 N–H and O–H groups in total. The second-order valence-electron chi connectivity index (χ2n) is 6.99. The zero-order chi connectivity index (χ0) is 23.4. The van der Waals surface area contributed by atoms with Gasteiger partial charge in [0, 0.05) is 56.9 Å². The quantitative estimate of drug-likeness (QED) is 0.306. The van der Waals surface area contributed by atoms with Crippen LogP contribution < -0.4 is 0 Å². The van der Waals surface area contributed by atoms with E-state index in [0.717, 1.165) is 0 Å². The number of Topliss-reactive ketones (excluding diaryl/α,β-unsaturated/α-hetero) is 1. The van der Waals surface area contributed by atoms with Gasteiger partial charge < -0.3 is 47.4 Å². The lowest BCUT2D eigenvalue weighted by atomic mass is 9.98. The molecule has 1 heterocycles. The molecule has 31 heavy (non-hydrogen) atoms. The number of hydrogen-bond donors (Lipinski definition) is 0. The predicted octanol–water partition coefficient (Wildman–Crippen LogP) is -0.320. The van der Waals surface area contributed by atoms with E-state index in [0.29, 0.717) is 0 Å². The highest BCUT2D eigenvalue weighted by molar-refractivity contribution is 5.85. The summed E-state index contributed by atoms with van der Waals surface area (Å²) < 4.78 is 55.8. The molecule has 0 aromatic rings. The maximum atomic E-state index is 12.5. The Kier molecular flexibility index (Phi) is 13.8. The predicted molar refractivity (Wildman–Crippen MR) is 108 cm³/mol. The summed E-state index contributed by atoms with van der Waals surface area (Å²) in [7, 11) is 12.0. The van der Waals surface area contributed by atoms with Crippen molar-refractivity contribution in [1.29, 1.82) is 0 Å². The molecule has 0 bridgehead atoms. The van der Waals surface area contributed by atoms with Gasteiger partial charge in [-0.1, -0.05) is 0 Å². The van der Waals surface area contributed by atoms with Crippen LogP contribution in [0.4, 0.5) is 0 Å². The van der Waals surface area contributed by atoms with Gasteiger partial charge in [-0.15, -0.1) is 0 Å². The van der Waals surface area contributed by atoms with Crippen LogP contribution in [0.1, 0.15) is 0 Å². The fourth-order valence-corrected chi connectivity index (χ4v) is 3.78. The summed E-state index contributed by atoms with van der Waals surface area (Å²) >= 11 is 0. The topological polar surface area (TPSA) is 109 Å². The van der Waals surface area contributed by atoms with Gasteiger partial charge in [0.1, 0.15) is 49.3 Å². The largest absolute Gasteiger partial charge is 0.382 e. The molecule has 1 aliphatic rings. The molecule has 1 rings (SSSR count). The van der Waals surface area contributed by atoms with E-state index in [9.17, 15) is 4.79 Å². The molecular weight excluding hydrogens is 416 g/mol. The molecule has 0 aliphatic carbocycles. The first-order chi connectivity index (χ1) is 15.0. The van der Waals surface area contributed by atoms with Crippen molar-refractivity contribution in [3.8, 4) is 0 Å². The fraction of sp³-hybridized carbons (Fsp3) is 0.950. The first-order valence-corrected chi connectivity index (χ1v) is 9.92. The lowest BCUT2D eigenvalue weighted by molar-refractivity contribution is -0.332. The van der Waals surface area contributed by atoms with E-state index < -0.39 is 49.0 Å². The molecular formula is C20H38O11. The third kappa shape index (κ3) is 7.39. The average Bonchev–Trinajstić information content (AvgIpc) is 2.76. The van der Waals surface area contributed by atoms with Crippen LogP contribution in [0.2, 0.25) is 0 Å². The summed E-state index contributed by atoms with van der Waals surface area (Å²) in [6.07, 6.45) is -5.39. The monoisotopic (exact) mass is 454 g/mol. The van der Waals surface area contributed by atoms with E-state index in [1.165, 1.54) is 35.5 Å². The Morgan fingerprint density at radius 3 is 1.90 bits per heavy atom. The van der Waals surface area contributed by atoms with E-state index in [1.807, 2.05) is 0 Å². The van der Waals surface area contributed by atoms with E-state index in [2.05, 4.69) is 0 Å². The smallest absolute Gasteiger partial charge is 0.189 e. The Bertz CT molecular complexity index is 492. The van der Waals surface area contributed by atoms with Crippen molar-refractivity contribution in [1.82, 2.24) is 0 Å². The van der Waals surface area contributed by atoms with Crippen LogP contribution in [0.25, 0.3) is 0 Å². The zero-order valence-corrected chi connectivity index (χ0v) is 19.7. The van der Waals surface area contributed by atoms with Crippen molar-refractivity contribution in [2.24, 2.45) is 0 Å². The van der Waals surface area contributed by atoms with Gasteiger partial charge in [-0.05, 0) is 0 Å². The molecule has 0 radical (unpaired) electrons. The number of ether oxygens (including phenoxy) is 10. The fourth-order valence-electron chi connectivity index (χ4n) is 3.78. The van der Waals surface area contributed by atoms with Gasteiger partial charge in [-0.25, -0.2) is 0 Å². The standard InChI is InChI=1S/C20H38O11/c1-22-9-12(21)15(25-4)16(26-5)13(10-23-2)30-20-19(29-8)18(28-7)17(27-6)14(31-20)11-24-3/h13-20H,9-11H2,1-8H3/t13?,14-,15?,16?,17-,18+,19-,20+/m1/s1. The van der Waals surface area contributed by atoms with Crippen LogP contribution in [0, 0.1) is 0 Å². The van der Waals surface area contributed by atoms with Crippen LogP contribution in [0.15, 0.2) is 0 Å². The van der Waals surface area contributed by atoms with Crippen molar-refractivity contribution >= 4 is 5.78 Å². The first kappa shape index (κ1) is 28.3. The minimum absolute atomic E-state index is 0.106. The molecule has 1 aliphatic heterocycles. The molecule has 3 unspecified atom stereocenters. The van der Waals surface area contributed by atoms with E-state index in [-0.39, 0.29) is 25.6 Å². The summed E-state index contributed by atoms with van der Waals surface area (Å²) in [4.78, 5) is 12.5. The SMILES string of the molecule is COCC(=O)C(OC)C(OC)C(COC)O[C@H]1O[C@H](COC)[C@@H](OC)[C@H](OC)[C@H]1OC. The summed E-state index contributed by atoms with van der Waals surface area (Å²) in [5, 5.41) is 0. The molecule has 0 amide bonds. The number of methoxy groups -OCH3 is 8. The number of hydrogen-bond acceptors (Lipinski definition) is 11. The Labute approximate surface area is 184 Å². The summed E-state index contributed by atoms with van der Waals surface area (Å²) in [5.74, 6) is -0.291. The number of rotatable bonds is 16. The zero-order valence-electron chi connectivity index (χ0n) is 19.7. The van der Waals surface area contributed by atoms with E-state index >= 15 is 0 Å². The average molecular weight is 455 g/mol. The molecule has 11 heteroatoms. The minimum Gasteiger partial charge on any atom is -0.382 e. The normalized spacial score (nSPS) is 29.5. The molecule has 0 spiro atoms. The molecule has 1 saturated heterocycles. The summed E-state index contributed by atoms with van der Waals surface area (Å²) in [6, 6.07) is 0. The molecule has 1 fully saturated rings. The Hall–Kier alpha value is -0.730. The summed E-state index contributed by atoms with van der Waals surface area (Å²) in [6.45, 7) is 0.232. The van der Waals surface area contributed by atoms with Crippen molar-refractivity contribution in [2.75, 3.05) is 76.7 Å². The highest BCUT2D eigenvalue weighted by Gasteiger charge is 2.49. The van der Waals surface area contributed by atoms with Gasteiger partial charge in [0.2, 0.25) is 0 Å². The van der Waals surface area contributed by atoms with Gasteiger partial charge in [0.15, 0.2) is 12.1 Å². The lowest BCUT2D eigenvalue weighted by Crippen LogP contribution is -2.62. The molecule has 184 valence electrons. The van der Waals surface area contributed by atoms with Crippen LogP contribution in [0.3, 0.4) is 0 Å². The van der Waals surface area contributed by atoms with Crippen molar-refractivity contribution < 1.29 is 52.2 Å². The van der Waals surface area contributed by atoms with Gasteiger partial charge in [0.05, 0.1) is 13.2 Å². The second-order valence-corrected chi connectivity index (χ2v) is 6.99. The van der Waals surface area contributed by atoms with Crippen LogP contribution in [-0.2, 0) is 52.2 Å². The highest BCUT2D eigenvalue weighted by Crippen LogP contribution is 2.30. The van der Waals surface area contributed by atoms with Crippen LogP contribution in [0.5, 0.6) is 0 Å². The maximum Gasteiger partial charge on any atom is 0.189 e. The Morgan fingerprint density at radius 2 is 1.45 bits per heavy atom. The Balaban J connectivity index is 3.17. The van der Waals surface area contributed by atoms with Gasteiger partial charge >= 0.3 is 0 Å². The van der Waals surface area contributed by atoms with Crippen molar-refractivity contribution in [3.05, 3.63) is 0 Å². The lowest BCUT2D eigenvalue weighted by Gasteiger charge is -2.45. The van der Waals surface area contributed by atoms with Gasteiger partial charge in [-0.2, -0.15) is 0 Å². The van der Waals surface area contributed by atoms with Crippen LogP contribution >= 0.6 is 0 Å². The summed E-state index contributed by atoms with van der Waals surface area (Å²) in [5.41, 5.74) is 0. The Morgan fingerprint density at radius 1 is 0.806 bits per heavy atom. The maximum absolute atomic E-state index is 12.5. The van der Waals surface area contributed by atoms with E-state index in [1.54, 1.807) is 21.3 Å².